The van der Waals surface area contributed by atoms with Crippen molar-refractivity contribution in [1.82, 2.24) is 5.32 Å². The maximum atomic E-state index is 12.3. The van der Waals surface area contributed by atoms with Gasteiger partial charge in [-0.3, -0.25) is 4.79 Å². The summed E-state index contributed by atoms with van der Waals surface area (Å²) in [7, 11) is -0.0251. The molecule has 1 aromatic carbocycles. The smallest absolute Gasteiger partial charge is 0.164 e. The van der Waals surface area contributed by atoms with Crippen LogP contribution in [0.25, 0.3) is 0 Å². The van der Waals surface area contributed by atoms with Crippen LogP contribution in [0, 0.1) is 0 Å². The van der Waals surface area contributed by atoms with E-state index >= 15 is 0 Å². The Morgan fingerprint density at radius 2 is 1.86 bits per heavy atom. The summed E-state index contributed by atoms with van der Waals surface area (Å²) in [5.74, 6) is 1.05. The molecule has 0 aromatic heterocycles. The minimum atomic E-state index is -3.05. The van der Waals surface area contributed by atoms with Gasteiger partial charge in [0.25, 0.3) is 0 Å². The summed E-state index contributed by atoms with van der Waals surface area (Å²) >= 11 is 0. The lowest BCUT2D eigenvalue weighted by atomic mass is 10.0. The second kappa shape index (κ2) is 6.44. The molecule has 21 heavy (non-hydrogen) atoms. The largest absolute Gasteiger partial charge is 0.497 e. The highest BCUT2D eigenvalue weighted by Gasteiger charge is 2.26. The Bertz CT molecular complexity index is 604. The van der Waals surface area contributed by atoms with Crippen molar-refractivity contribution in [2.45, 2.75) is 12.5 Å². The summed E-state index contributed by atoms with van der Waals surface area (Å²) < 4.78 is 33.4. The average Bonchev–Trinajstić information content (AvgIpc) is 2.45. The zero-order valence-electron chi connectivity index (χ0n) is 12.1. The second-order valence-corrected chi connectivity index (χ2v) is 7.22. The summed E-state index contributed by atoms with van der Waals surface area (Å²) in [6.07, 6.45) is 0.134. The van der Waals surface area contributed by atoms with E-state index < -0.39 is 9.84 Å². The maximum absolute atomic E-state index is 12.3. The number of benzene rings is 1. The molecule has 1 saturated heterocycles. The van der Waals surface area contributed by atoms with Crippen molar-refractivity contribution < 1.29 is 22.7 Å². The van der Waals surface area contributed by atoms with Crippen LogP contribution in [-0.4, -0.2) is 52.5 Å². The molecule has 1 unspecified atom stereocenters. The number of ketones is 1. The van der Waals surface area contributed by atoms with Crippen LogP contribution in [0.3, 0.4) is 0 Å². The van der Waals surface area contributed by atoms with E-state index in [0.29, 0.717) is 23.6 Å². The number of methoxy groups -OCH3 is 2. The van der Waals surface area contributed by atoms with Gasteiger partial charge in [0.05, 0.1) is 25.7 Å². The molecule has 1 N–H and O–H groups in total. The van der Waals surface area contributed by atoms with Crippen LogP contribution in [0.5, 0.6) is 11.5 Å². The average molecular weight is 313 g/mol. The van der Waals surface area contributed by atoms with Crippen LogP contribution in [0.15, 0.2) is 18.2 Å². The fourth-order valence-corrected chi connectivity index (χ4v) is 3.75. The summed E-state index contributed by atoms with van der Waals surface area (Å²) in [5, 5.41) is 3.07. The lowest BCUT2D eigenvalue weighted by Gasteiger charge is -2.23. The highest BCUT2D eigenvalue weighted by molar-refractivity contribution is 7.91. The molecule has 1 aliphatic rings. The Labute approximate surface area is 124 Å². The third-order valence-corrected chi connectivity index (χ3v) is 5.14. The van der Waals surface area contributed by atoms with Gasteiger partial charge in [-0.15, -0.1) is 0 Å². The quantitative estimate of drug-likeness (QED) is 0.804. The molecule has 1 aromatic rings. The van der Waals surface area contributed by atoms with Crippen molar-refractivity contribution in [1.29, 1.82) is 0 Å². The predicted molar refractivity (Wildman–Crippen MR) is 78.9 cm³/mol. The number of hydrogen-bond acceptors (Lipinski definition) is 6. The van der Waals surface area contributed by atoms with Crippen LogP contribution in [0.2, 0.25) is 0 Å². The van der Waals surface area contributed by atoms with E-state index in [4.69, 9.17) is 9.47 Å². The van der Waals surface area contributed by atoms with E-state index in [1.165, 1.54) is 14.2 Å². The Hall–Kier alpha value is -1.60. The van der Waals surface area contributed by atoms with E-state index in [-0.39, 0.29) is 29.8 Å². The van der Waals surface area contributed by atoms with Gasteiger partial charge in [-0.2, -0.15) is 0 Å². The summed E-state index contributed by atoms with van der Waals surface area (Å²) in [6.45, 7) is 0.391. The van der Waals surface area contributed by atoms with Gasteiger partial charge in [0.2, 0.25) is 0 Å². The first-order valence-electron chi connectivity index (χ1n) is 6.63. The fourth-order valence-electron chi connectivity index (χ4n) is 2.31. The molecule has 1 atom stereocenters. The molecular formula is C14H19NO5S. The second-order valence-electron chi connectivity index (χ2n) is 4.99. The van der Waals surface area contributed by atoms with Crippen LogP contribution in [0.1, 0.15) is 16.8 Å². The van der Waals surface area contributed by atoms with Crippen molar-refractivity contribution in [3.8, 4) is 11.5 Å². The van der Waals surface area contributed by atoms with Crippen LogP contribution >= 0.6 is 0 Å². The Morgan fingerprint density at radius 1 is 1.24 bits per heavy atom. The first-order valence-corrected chi connectivity index (χ1v) is 8.46. The normalized spacial score (nSPS) is 20.8. The fraction of sp³-hybridized carbons (Fsp3) is 0.500. The number of nitrogens with one attached hydrogen (secondary N) is 1. The number of carbonyl (C=O) groups is 1. The molecule has 0 spiro atoms. The number of ether oxygens (including phenoxy) is 2. The standard InChI is InChI=1S/C14H19NO5S/c1-19-12-5-10(6-13(8-12)20-2)14(16)7-11-9-21(17,18)4-3-15-11/h5-6,8,11,15H,3-4,7,9H2,1-2H3. The topological polar surface area (TPSA) is 81.7 Å². The van der Waals surface area contributed by atoms with Gasteiger partial charge in [0, 0.05) is 30.6 Å². The van der Waals surface area contributed by atoms with E-state index in [1.54, 1.807) is 18.2 Å². The Morgan fingerprint density at radius 3 is 2.38 bits per heavy atom. The first kappa shape index (κ1) is 15.8. The lowest BCUT2D eigenvalue weighted by Crippen LogP contribution is -2.45. The van der Waals surface area contributed by atoms with Crippen molar-refractivity contribution in [2.75, 3.05) is 32.3 Å². The van der Waals surface area contributed by atoms with Gasteiger partial charge in [0.1, 0.15) is 11.5 Å². The van der Waals surface area contributed by atoms with Crippen LogP contribution in [-0.2, 0) is 9.84 Å². The van der Waals surface area contributed by atoms with Crippen LogP contribution < -0.4 is 14.8 Å². The van der Waals surface area contributed by atoms with Gasteiger partial charge in [0.15, 0.2) is 15.6 Å². The van der Waals surface area contributed by atoms with Gasteiger partial charge < -0.3 is 14.8 Å². The van der Waals surface area contributed by atoms with Gasteiger partial charge in [-0.05, 0) is 12.1 Å². The molecule has 0 bridgehead atoms. The molecule has 7 heteroatoms. The Balaban J connectivity index is 2.13. The molecule has 116 valence electrons. The summed E-state index contributed by atoms with van der Waals surface area (Å²) in [4.78, 5) is 12.3. The monoisotopic (exact) mass is 313 g/mol. The molecule has 1 fully saturated rings. The maximum Gasteiger partial charge on any atom is 0.164 e. The molecule has 0 aliphatic carbocycles. The van der Waals surface area contributed by atoms with E-state index in [9.17, 15) is 13.2 Å². The van der Waals surface area contributed by atoms with Crippen LogP contribution in [0.4, 0.5) is 0 Å². The third-order valence-electron chi connectivity index (χ3n) is 3.41. The van der Waals surface area contributed by atoms with Gasteiger partial charge in [-0.25, -0.2) is 8.42 Å². The van der Waals surface area contributed by atoms with Crippen molar-refractivity contribution in [3.05, 3.63) is 23.8 Å². The molecule has 2 rings (SSSR count). The number of rotatable bonds is 5. The first-order chi connectivity index (χ1) is 9.93. The van der Waals surface area contributed by atoms with E-state index in [2.05, 4.69) is 5.32 Å². The number of carbonyl (C=O) groups excluding carboxylic acids is 1. The van der Waals surface area contributed by atoms with E-state index in [0.717, 1.165) is 0 Å². The van der Waals surface area contributed by atoms with E-state index in [1.807, 2.05) is 0 Å². The summed E-state index contributed by atoms with van der Waals surface area (Å²) in [6, 6.07) is 4.60. The predicted octanol–water partition coefficient (Wildman–Crippen LogP) is 0.663. The highest BCUT2D eigenvalue weighted by atomic mass is 32.2. The molecule has 0 amide bonds. The lowest BCUT2D eigenvalue weighted by molar-refractivity contribution is 0.0971. The third kappa shape index (κ3) is 4.18. The minimum Gasteiger partial charge on any atom is -0.497 e. The molecule has 1 aliphatic heterocycles. The highest BCUT2D eigenvalue weighted by Crippen LogP contribution is 2.24. The SMILES string of the molecule is COc1cc(OC)cc(C(=O)CC2CS(=O)(=O)CCN2)c1. The van der Waals surface area contributed by atoms with Crippen molar-refractivity contribution in [3.63, 3.8) is 0 Å². The van der Waals surface area contributed by atoms with Gasteiger partial charge >= 0.3 is 0 Å². The molecule has 0 saturated carbocycles. The number of Topliss-reactive ketones (excluding diaryl/α,β-unsaturated/α-hetero) is 1. The number of sulfone groups is 1. The molecule has 6 nitrogen and oxygen atoms in total. The summed E-state index contributed by atoms with van der Waals surface area (Å²) in [5.41, 5.74) is 0.455. The minimum absolute atomic E-state index is 0.000155. The zero-order valence-corrected chi connectivity index (χ0v) is 12.9. The Kier molecular flexibility index (Phi) is 4.84. The molecular weight excluding hydrogens is 294 g/mol. The zero-order chi connectivity index (χ0) is 15.5. The molecule has 1 heterocycles. The van der Waals surface area contributed by atoms with Crippen molar-refractivity contribution in [2.24, 2.45) is 0 Å². The molecule has 0 radical (unpaired) electrons. The number of hydrogen-bond donors (Lipinski definition) is 1. The van der Waals surface area contributed by atoms with Gasteiger partial charge in [-0.1, -0.05) is 0 Å². The van der Waals surface area contributed by atoms with Crippen molar-refractivity contribution >= 4 is 15.6 Å².